The summed E-state index contributed by atoms with van der Waals surface area (Å²) in [6, 6.07) is 23.2. The van der Waals surface area contributed by atoms with Crippen molar-refractivity contribution < 1.29 is 22.3 Å². The lowest BCUT2D eigenvalue weighted by Crippen LogP contribution is -2.33. The second kappa shape index (κ2) is 9.81. The lowest BCUT2D eigenvalue weighted by atomic mass is 10.0. The van der Waals surface area contributed by atoms with Crippen molar-refractivity contribution in [1.29, 1.82) is 0 Å². The molecule has 0 saturated carbocycles. The van der Waals surface area contributed by atoms with Crippen LogP contribution in [0.3, 0.4) is 0 Å². The van der Waals surface area contributed by atoms with Gasteiger partial charge in [-0.3, -0.25) is 0 Å². The summed E-state index contributed by atoms with van der Waals surface area (Å²) in [6.07, 6.45) is 3.91. The van der Waals surface area contributed by atoms with E-state index in [0.29, 0.717) is 12.1 Å². The highest BCUT2D eigenvalue weighted by Crippen LogP contribution is 2.30. The molecule has 0 spiro atoms. The Labute approximate surface area is 215 Å². The van der Waals surface area contributed by atoms with E-state index in [4.69, 9.17) is 0 Å². The summed E-state index contributed by atoms with van der Waals surface area (Å²) in [5, 5.41) is 2.20. The first-order valence-corrected chi connectivity index (χ1v) is 12.3. The summed E-state index contributed by atoms with van der Waals surface area (Å²) in [4.78, 5) is 0. The summed E-state index contributed by atoms with van der Waals surface area (Å²) < 4.78 is 43.3. The van der Waals surface area contributed by atoms with Crippen LogP contribution in [0.4, 0.5) is 13.2 Å². The average molecular weight is 499 g/mol. The van der Waals surface area contributed by atoms with Gasteiger partial charge in [-0.05, 0) is 66.6 Å². The second-order valence-electron chi connectivity index (χ2n) is 9.79. The van der Waals surface area contributed by atoms with E-state index in [1.165, 1.54) is 22.8 Å². The third kappa shape index (κ3) is 5.56. The van der Waals surface area contributed by atoms with Gasteiger partial charge in [-0.15, -0.1) is 0 Å². The highest BCUT2D eigenvalue weighted by molar-refractivity contribution is 5.85. The largest absolute Gasteiger partial charge is 0.416 e. The van der Waals surface area contributed by atoms with Crippen LogP contribution in [0.5, 0.6) is 0 Å². The predicted molar refractivity (Wildman–Crippen MR) is 140 cm³/mol. The minimum absolute atomic E-state index is 0.508. The zero-order chi connectivity index (χ0) is 26.2. The monoisotopic (exact) mass is 498 g/mol. The molecule has 0 radical (unpaired) electrons. The molecule has 0 saturated heterocycles. The normalized spacial score (nSPS) is 11.7. The Bertz CT molecular complexity index is 1590. The van der Waals surface area contributed by atoms with Gasteiger partial charge >= 0.3 is 6.18 Å². The van der Waals surface area contributed by atoms with Crippen molar-refractivity contribution in [2.45, 2.75) is 40.0 Å². The van der Waals surface area contributed by atoms with E-state index in [-0.39, 0.29) is 0 Å². The SMILES string of the molecule is Cc1ccc(C[n+]2ccc(-c3ccc4cc[n+](Cc5ccc(C(F)(F)F)cc5C)cc4c3)cc2)c(C)c1. The maximum Gasteiger partial charge on any atom is 0.416 e. The van der Waals surface area contributed by atoms with Crippen LogP contribution < -0.4 is 9.13 Å². The molecule has 186 valence electrons. The first-order valence-electron chi connectivity index (χ1n) is 12.3. The van der Waals surface area contributed by atoms with E-state index < -0.39 is 11.7 Å². The van der Waals surface area contributed by atoms with Gasteiger partial charge in [0.2, 0.25) is 0 Å². The molecule has 0 bridgehead atoms. The van der Waals surface area contributed by atoms with Gasteiger partial charge in [0, 0.05) is 34.7 Å². The van der Waals surface area contributed by atoms with Crippen LogP contribution in [0.15, 0.2) is 97.6 Å². The first kappa shape index (κ1) is 24.7. The van der Waals surface area contributed by atoms with Gasteiger partial charge in [0.25, 0.3) is 0 Å². The molecule has 0 aliphatic heterocycles. The number of benzene rings is 3. The van der Waals surface area contributed by atoms with Crippen LogP contribution in [0.25, 0.3) is 21.9 Å². The Morgan fingerprint density at radius 2 is 1.24 bits per heavy atom. The van der Waals surface area contributed by atoms with Crippen molar-refractivity contribution in [3.8, 4) is 11.1 Å². The van der Waals surface area contributed by atoms with Gasteiger partial charge in [0.05, 0.1) is 5.56 Å². The minimum Gasteiger partial charge on any atom is -0.201 e. The molecule has 0 fully saturated rings. The number of aromatic nitrogens is 2. The fraction of sp³-hybridized carbons (Fsp3) is 0.188. The van der Waals surface area contributed by atoms with Crippen molar-refractivity contribution in [3.05, 3.63) is 131 Å². The van der Waals surface area contributed by atoms with Crippen molar-refractivity contribution in [2.75, 3.05) is 0 Å². The number of hydrogen-bond acceptors (Lipinski definition) is 0. The number of nitrogens with zero attached hydrogens (tertiary/aromatic N) is 2. The second-order valence-corrected chi connectivity index (χ2v) is 9.79. The number of alkyl halides is 3. The number of fused-ring (bicyclic) bond motifs is 1. The molecule has 2 nitrogen and oxygen atoms in total. The lowest BCUT2D eigenvalue weighted by Gasteiger charge is -2.10. The van der Waals surface area contributed by atoms with E-state index >= 15 is 0 Å². The van der Waals surface area contributed by atoms with Crippen LogP contribution in [-0.2, 0) is 19.3 Å². The molecule has 5 rings (SSSR count). The van der Waals surface area contributed by atoms with Gasteiger partial charge in [0.15, 0.2) is 37.9 Å². The van der Waals surface area contributed by atoms with Crippen LogP contribution in [0.1, 0.15) is 33.4 Å². The minimum atomic E-state index is -4.33. The molecule has 0 aliphatic carbocycles. The maximum atomic E-state index is 13.0. The van der Waals surface area contributed by atoms with Crippen molar-refractivity contribution in [3.63, 3.8) is 0 Å². The lowest BCUT2D eigenvalue weighted by molar-refractivity contribution is -0.688. The number of hydrogen-bond donors (Lipinski definition) is 0. The maximum absolute atomic E-state index is 13.0. The van der Waals surface area contributed by atoms with E-state index in [0.717, 1.165) is 40.1 Å². The number of rotatable bonds is 5. The Hall–Kier alpha value is -3.99. The van der Waals surface area contributed by atoms with Crippen LogP contribution in [0, 0.1) is 20.8 Å². The molecule has 0 amide bonds. The van der Waals surface area contributed by atoms with Gasteiger partial charge in [0.1, 0.15) is 0 Å². The predicted octanol–water partition coefficient (Wildman–Crippen LogP) is 7.12. The molecular formula is C32H29F3N2+2. The molecule has 0 unspecified atom stereocenters. The third-order valence-electron chi connectivity index (χ3n) is 6.94. The van der Waals surface area contributed by atoms with Crippen molar-refractivity contribution in [1.82, 2.24) is 0 Å². The topological polar surface area (TPSA) is 7.76 Å². The first-order chi connectivity index (χ1) is 17.7. The zero-order valence-corrected chi connectivity index (χ0v) is 21.2. The molecule has 0 atom stereocenters. The van der Waals surface area contributed by atoms with Gasteiger partial charge in [-0.2, -0.15) is 13.2 Å². The van der Waals surface area contributed by atoms with E-state index in [2.05, 4.69) is 85.5 Å². The van der Waals surface area contributed by atoms with Gasteiger partial charge in [-0.1, -0.05) is 42.0 Å². The van der Waals surface area contributed by atoms with E-state index in [1.54, 1.807) is 13.0 Å². The summed E-state index contributed by atoms with van der Waals surface area (Å²) in [5.74, 6) is 0. The molecule has 2 aromatic heterocycles. The van der Waals surface area contributed by atoms with Crippen LogP contribution >= 0.6 is 0 Å². The Balaban J connectivity index is 1.37. The summed E-state index contributed by atoms with van der Waals surface area (Å²) >= 11 is 0. The standard InChI is InChI=1S/C32H29F3N2/c1-22-4-5-28(23(2)16-22)19-36-13-10-26(11-14-36)27-7-6-25-12-15-37(21-30(25)18-27)20-29-8-9-31(17-24(29)3)32(33,34)35/h4-18,21H,19-20H2,1-3H3/q+2. The number of aryl methyl sites for hydroxylation is 3. The third-order valence-corrected chi connectivity index (χ3v) is 6.94. The van der Waals surface area contributed by atoms with Gasteiger partial charge < -0.3 is 0 Å². The molecular weight excluding hydrogens is 469 g/mol. The summed E-state index contributed by atoms with van der Waals surface area (Å²) in [7, 11) is 0. The van der Waals surface area contributed by atoms with Crippen molar-refractivity contribution in [2.24, 2.45) is 0 Å². The smallest absolute Gasteiger partial charge is 0.201 e. The molecule has 37 heavy (non-hydrogen) atoms. The van der Waals surface area contributed by atoms with E-state index in [9.17, 15) is 13.2 Å². The number of halogens is 3. The molecule has 5 aromatic rings. The average Bonchev–Trinajstić information content (AvgIpc) is 2.86. The van der Waals surface area contributed by atoms with Crippen LogP contribution in [0.2, 0.25) is 0 Å². The van der Waals surface area contributed by atoms with Crippen LogP contribution in [-0.4, -0.2) is 0 Å². The quantitative estimate of drug-likeness (QED) is 0.228. The molecule has 3 aromatic carbocycles. The fourth-order valence-corrected chi connectivity index (χ4v) is 4.74. The molecule has 0 N–H and O–H groups in total. The molecule has 0 aliphatic rings. The Morgan fingerprint density at radius 1 is 0.595 bits per heavy atom. The Kier molecular flexibility index (Phi) is 6.55. The van der Waals surface area contributed by atoms with Gasteiger partial charge in [-0.25, -0.2) is 9.13 Å². The molecule has 2 heterocycles. The highest BCUT2D eigenvalue weighted by Gasteiger charge is 2.30. The Morgan fingerprint density at radius 3 is 1.92 bits per heavy atom. The summed E-state index contributed by atoms with van der Waals surface area (Å²) in [5.41, 5.74) is 7.02. The van der Waals surface area contributed by atoms with Crippen molar-refractivity contribution >= 4 is 10.8 Å². The van der Waals surface area contributed by atoms with E-state index in [1.807, 2.05) is 16.8 Å². The highest BCUT2D eigenvalue weighted by atomic mass is 19.4. The zero-order valence-electron chi connectivity index (χ0n) is 21.2. The number of pyridine rings is 2. The summed E-state index contributed by atoms with van der Waals surface area (Å²) in [6.45, 7) is 7.32. The molecule has 5 heteroatoms. The fourth-order valence-electron chi connectivity index (χ4n) is 4.74.